The van der Waals surface area contributed by atoms with E-state index >= 15 is 0 Å². The monoisotopic (exact) mass is 818 g/mol. The number of phenols is 1. The van der Waals surface area contributed by atoms with Crippen LogP contribution in [0, 0.1) is 43.4 Å². The maximum absolute atomic E-state index is 14.3. The molecule has 0 bridgehead atoms. The molecule has 2 heterocycles. The van der Waals surface area contributed by atoms with Crippen molar-refractivity contribution in [2.45, 2.75) is 57.3 Å². The van der Waals surface area contributed by atoms with Gasteiger partial charge >= 0.3 is 24.7 Å². The molecule has 4 aliphatic rings. The van der Waals surface area contributed by atoms with E-state index in [4.69, 9.17) is 0 Å². The number of fused-ring (bicyclic) bond motifs is 4. The molecule has 1 saturated carbocycles. The molecular formula is C38H26F12N2O5. The highest BCUT2D eigenvalue weighted by atomic mass is 19.4. The van der Waals surface area contributed by atoms with Crippen LogP contribution in [-0.2, 0) is 43.9 Å². The summed E-state index contributed by atoms with van der Waals surface area (Å²) in [6, 6.07) is 3.28. The number of carbonyl (C=O) groups is 4. The van der Waals surface area contributed by atoms with Gasteiger partial charge in [-0.3, -0.25) is 19.2 Å². The Kier molecular flexibility index (Phi) is 8.97. The van der Waals surface area contributed by atoms with Gasteiger partial charge in [0.1, 0.15) is 5.75 Å². The zero-order chi connectivity index (χ0) is 42.1. The van der Waals surface area contributed by atoms with E-state index in [1.807, 2.05) is 0 Å². The van der Waals surface area contributed by atoms with Crippen molar-refractivity contribution in [1.82, 2.24) is 0 Å². The zero-order valence-electron chi connectivity index (χ0n) is 29.1. The SMILES string of the molecule is Cc1cc([C@H]2C3=CC[C@@H]4C(=O)N(c5cc(C(F)(F)F)cc(C(F)(F)F)c5)C(=O)[C@@H]4[C@@H]3C[C@H]3C(=O)N(c4cc(C(F)(F)F)cc(C(F)(F)F)c4)C(=O)[C@@H]23)cc(C)c1O. The van der Waals surface area contributed by atoms with Crippen molar-refractivity contribution < 1.29 is 77.0 Å². The molecule has 1 N–H and O–H groups in total. The van der Waals surface area contributed by atoms with Crippen LogP contribution in [0.25, 0.3) is 0 Å². The molecule has 57 heavy (non-hydrogen) atoms. The van der Waals surface area contributed by atoms with E-state index < -0.39 is 124 Å². The number of amides is 4. The van der Waals surface area contributed by atoms with Crippen molar-refractivity contribution in [1.29, 1.82) is 0 Å². The molecule has 3 fully saturated rings. The van der Waals surface area contributed by atoms with E-state index in [1.54, 1.807) is 0 Å². The van der Waals surface area contributed by atoms with Gasteiger partial charge in [0.2, 0.25) is 23.6 Å². The van der Waals surface area contributed by atoms with Gasteiger partial charge in [-0.05, 0) is 85.7 Å². The quantitative estimate of drug-likeness (QED) is 0.162. The minimum Gasteiger partial charge on any atom is -0.507 e. The average Bonchev–Trinajstić information content (AvgIpc) is 3.50. The number of aromatic hydroxyl groups is 1. The number of rotatable bonds is 3. The Bertz CT molecular complexity index is 2200. The summed E-state index contributed by atoms with van der Waals surface area (Å²) in [5.41, 5.74) is -8.35. The number of hydrogen-bond acceptors (Lipinski definition) is 5. The lowest BCUT2D eigenvalue weighted by molar-refractivity contribution is -0.144. The molecule has 7 nitrogen and oxygen atoms in total. The van der Waals surface area contributed by atoms with Gasteiger partial charge in [0.05, 0.1) is 57.3 Å². The number of phenolic OH excluding ortho intramolecular Hbond substituents is 1. The van der Waals surface area contributed by atoms with E-state index in [0.29, 0.717) is 0 Å². The second-order valence-corrected chi connectivity index (χ2v) is 14.6. The summed E-state index contributed by atoms with van der Waals surface area (Å²) in [6.07, 6.45) is -20.8. The van der Waals surface area contributed by atoms with Gasteiger partial charge < -0.3 is 5.11 Å². The molecule has 6 atom stereocenters. The fraction of sp³-hybridized carbons (Fsp3) is 0.368. The average molecular weight is 819 g/mol. The van der Waals surface area contributed by atoms with Crippen molar-refractivity contribution in [2.24, 2.45) is 29.6 Å². The summed E-state index contributed by atoms with van der Waals surface area (Å²) < 4.78 is 166. The Morgan fingerprint density at radius 3 is 1.32 bits per heavy atom. The van der Waals surface area contributed by atoms with Crippen molar-refractivity contribution in [3.05, 3.63) is 99.1 Å². The van der Waals surface area contributed by atoms with Crippen LogP contribution in [0.2, 0.25) is 0 Å². The first-order valence-corrected chi connectivity index (χ1v) is 17.0. The molecule has 2 saturated heterocycles. The van der Waals surface area contributed by atoms with Crippen LogP contribution in [-0.4, -0.2) is 28.7 Å². The van der Waals surface area contributed by atoms with Crippen LogP contribution in [0.15, 0.2) is 60.2 Å². The van der Waals surface area contributed by atoms with Crippen molar-refractivity contribution in [3.8, 4) is 5.75 Å². The number of halogens is 12. The molecule has 2 aliphatic carbocycles. The third-order valence-electron chi connectivity index (χ3n) is 11.2. The number of nitrogens with zero attached hydrogens (tertiary/aromatic N) is 2. The molecule has 3 aromatic carbocycles. The van der Waals surface area contributed by atoms with Crippen LogP contribution < -0.4 is 9.80 Å². The first kappa shape index (κ1) is 39.9. The predicted molar refractivity (Wildman–Crippen MR) is 173 cm³/mol. The molecule has 19 heteroatoms. The lowest BCUT2D eigenvalue weighted by atomic mass is 9.57. The minimum atomic E-state index is -5.35. The summed E-state index contributed by atoms with van der Waals surface area (Å²) in [7, 11) is 0. The lowest BCUT2D eigenvalue weighted by Crippen LogP contribution is -2.43. The van der Waals surface area contributed by atoms with Crippen LogP contribution in [0.5, 0.6) is 5.75 Å². The fourth-order valence-electron chi connectivity index (χ4n) is 8.78. The third-order valence-corrected chi connectivity index (χ3v) is 11.2. The van der Waals surface area contributed by atoms with Crippen molar-refractivity contribution in [2.75, 3.05) is 9.80 Å². The van der Waals surface area contributed by atoms with Gasteiger partial charge in [0.25, 0.3) is 0 Å². The first-order chi connectivity index (χ1) is 26.2. The largest absolute Gasteiger partial charge is 0.507 e. The normalized spacial score (nSPS) is 25.5. The van der Waals surface area contributed by atoms with E-state index in [0.717, 1.165) is 0 Å². The Labute approximate surface area is 313 Å². The van der Waals surface area contributed by atoms with Crippen LogP contribution in [0.4, 0.5) is 64.1 Å². The van der Waals surface area contributed by atoms with Gasteiger partial charge in [0.15, 0.2) is 0 Å². The number of alkyl halides is 12. The number of allylic oxidation sites excluding steroid dienone is 2. The number of carbonyl (C=O) groups excluding carboxylic acids is 4. The standard InChI is InChI=1S/C38H26F12N2O5/c1-14-5-16(6-15(2)30(14)53)27-23-3-4-24-28(33(56)51(31(24)54)21-9-17(35(39,40)41)7-18(10-21)36(42,43)44)25(23)13-26-29(27)34(57)52(32(26)55)22-11-19(37(45,46)47)8-20(12-22)38(48,49)50/h3,5-12,24-29,53H,4,13H2,1-2H3/t24-,25+,26+,27-,28-,29+/m0/s1. The summed E-state index contributed by atoms with van der Waals surface area (Å²) in [5.74, 6) is -13.4. The highest BCUT2D eigenvalue weighted by molar-refractivity contribution is 6.24. The molecule has 302 valence electrons. The molecule has 0 spiro atoms. The van der Waals surface area contributed by atoms with Crippen LogP contribution >= 0.6 is 0 Å². The Balaban J connectivity index is 1.36. The van der Waals surface area contributed by atoms with Gasteiger partial charge in [-0.1, -0.05) is 23.8 Å². The van der Waals surface area contributed by atoms with Crippen molar-refractivity contribution in [3.63, 3.8) is 0 Å². The summed E-state index contributed by atoms with van der Waals surface area (Å²) in [6.45, 7) is 2.96. The maximum Gasteiger partial charge on any atom is 0.416 e. The number of imide groups is 2. The topological polar surface area (TPSA) is 95.0 Å². The molecule has 7 rings (SSSR count). The molecule has 0 radical (unpaired) electrons. The lowest BCUT2D eigenvalue weighted by Gasteiger charge is -2.44. The third kappa shape index (κ3) is 6.51. The van der Waals surface area contributed by atoms with Crippen molar-refractivity contribution >= 4 is 35.0 Å². The second-order valence-electron chi connectivity index (χ2n) is 14.6. The minimum absolute atomic E-state index is 0.175. The molecule has 0 aromatic heterocycles. The number of aryl methyl sites for hydroxylation is 2. The molecule has 3 aromatic rings. The molecule has 2 aliphatic heterocycles. The Hall–Kier alpha value is -5.36. The van der Waals surface area contributed by atoms with Gasteiger partial charge in [-0.2, -0.15) is 52.7 Å². The predicted octanol–water partition coefficient (Wildman–Crippen LogP) is 9.13. The highest BCUT2D eigenvalue weighted by Crippen LogP contribution is 2.59. The second kappa shape index (κ2) is 12.8. The summed E-state index contributed by atoms with van der Waals surface area (Å²) in [4.78, 5) is 57.0. The molecule has 4 amide bonds. The van der Waals surface area contributed by atoms with E-state index in [2.05, 4.69) is 0 Å². The number of hydrogen-bond donors (Lipinski definition) is 1. The zero-order valence-corrected chi connectivity index (χ0v) is 29.1. The van der Waals surface area contributed by atoms with Crippen LogP contribution in [0.3, 0.4) is 0 Å². The Morgan fingerprint density at radius 2 is 0.912 bits per heavy atom. The fourth-order valence-corrected chi connectivity index (χ4v) is 8.78. The van der Waals surface area contributed by atoms with Crippen LogP contribution in [0.1, 0.15) is 57.7 Å². The van der Waals surface area contributed by atoms with E-state index in [1.165, 1.54) is 32.1 Å². The van der Waals surface area contributed by atoms with Gasteiger partial charge in [0, 0.05) is 5.92 Å². The smallest absolute Gasteiger partial charge is 0.416 e. The number of anilines is 2. The van der Waals surface area contributed by atoms with E-state index in [9.17, 15) is 77.0 Å². The highest BCUT2D eigenvalue weighted by Gasteiger charge is 2.63. The molecule has 0 unspecified atom stereocenters. The van der Waals surface area contributed by atoms with Gasteiger partial charge in [-0.25, -0.2) is 9.80 Å². The van der Waals surface area contributed by atoms with E-state index in [-0.39, 0.29) is 80.6 Å². The molecular weight excluding hydrogens is 792 g/mol. The van der Waals surface area contributed by atoms with Gasteiger partial charge in [-0.15, -0.1) is 0 Å². The summed E-state index contributed by atoms with van der Waals surface area (Å²) in [5, 5.41) is 10.5. The Morgan fingerprint density at radius 1 is 0.526 bits per heavy atom. The number of benzene rings is 3. The maximum atomic E-state index is 14.3. The first-order valence-electron chi connectivity index (χ1n) is 17.0. The summed E-state index contributed by atoms with van der Waals surface area (Å²) >= 11 is 0.